The molecule has 0 saturated carbocycles. The molecule has 11 nitrogen and oxygen atoms in total. The van der Waals surface area contributed by atoms with E-state index in [4.69, 9.17) is 14.2 Å². The maximum atomic E-state index is 13.6. The van der Waals surface area contributed by atoms with Crippen LogP contribution in [0.2, 0.25) is 0 Å². The largest absolute Gasteiger partial charge is 0.497 e. The highest BCUT2D eigenvalue weighted by molar-refractivity contribution is 7.92. The van der Waals surface area contributed by atoms with Gasteiger partial charge >= 0.3 is 0 Å². The van der Waals surface area contributed by atoms with Gasteiger partial charge in [0.1, 0.15) is 17.6 Å². The van der Waals surface area contributed by atoms with E-state index in [9.17, 15) is 8.42 Å². The van der Waals surface area contributed by atoms with Crippen LogP contribution in [-0.4, -0.2) is 54.7 Å². The average Bonchev–Trinajstić information content (AvgIpc) is 2.99. The van der Waals surface area contributed by atoms with E-state index < -0.39 is 10.0 Å². The Bertz CT molecular complexity index is 1580. The SMILES string of the molecule is COc1cccc(Oc2c(NS(=O)(=O)c3ccc(C(C)C)cn3)nc(-c3ccncc3)nc2OC2CCCNC2)c1. The number of nitrogens with one attached hydrogen (secondary N) is 2. The summed E-state index contributed by atoms with van der Waals surface area (Å²) in [6.45, 7) is 5.53. The van der Waals surface area contributed by atoms with Gasteiger partial charge in [0.15, 0.2) is 16.7 Å². The fourth-order valence-electron chi connectivity index (χ4n) is 4.23. The summed E-state index contributed by atoms with van der Waals surface area (Å²) in [6.07, 6.45) is 6.29. The molecule has 0 spiro atoms. The lowest BCUT2D eigenvalue weighted by Gasteiger charge is -2.25. The summed E-state index contributed by atoms with van der Waals surface area (Å²) in [4.78, 5) is 17.5. The third kappa shape index (κ3) is 6.90. The van der Waals surface area contributed by atoms with Crippen molar-refractivity contribution in [1.82, 2.24) is 25.3 Å². The molecule has 1 aromatic carbocycles. The Kier molecular flexibility index (Phi) is 8.60. The molecule has 4 heterocycles. The number of hydrogen-bond donors (Lipinski definition) is 2. The van der Waals surface area contributed by atoms with Gasteiger partial charge in [-0.1, -0.05) is 26.0 Å². The number of pyridine rings is 2. The molecule has 0 aliphatic carbocycles. The van der Waals surface area contributed by atoms with Gasteiger partial charge in [0, 0.05) is 36.8 Å². The fourth-order valence-corrected chi connectivity index (χ4v) is 5.17. The molecule has 214 valence electrons. The molecule has 1 atom stereocenters. The molecule has 1 aliphatic heterocycles. The second-order valence-electron chi connectivity index (χ2n) is 9.82. The molecule has 2 N–H and O–H groups in total. The zero-order chi connectivity index (χ0) is 28.8. The molecule has 1 unspecified atom stereocenters. The monoisotopic (exact) mass is 576 g/mol. The van der Waals surface area contributed by atoms with Crippen molar-refractivity contribution < 1.29 is 22.6 Å². The van der Waals surface area contributed by atoms with Crippen molar-refractivity contribution in [1.29, 1.82) is 0 Å². The standard InChI is InChI=1S/C29H32N6O5S/c1-19(2)21-9-10-25(32-17-21)41(36,37)35-28-26(39-23-7-4-6-22(16-23)38-3)29(40-24-8-5-13-31-18-24)34-27(33-28)20-11-14-30-15-12-20/h4,6-7,9-12,14-17,19,24,31H,5,8,13,18H2,1-3H3,(H,33,34,35). The summed E-state index contributed by atoms with van der Waals surface area (Å²) in [5.74, 6) is 1.42. The van der Waals surface area contributed by atoms with E-state index >= 15 is 0 Å². The summed E-state index contributed by atoms with van der Waals surface area (Å²) in [5.41, 5.74) is 1.55. The second-order valence-corrected chi connectivity index (χ2v) is 11.5. The van der Waals surface area contributed by atoms with Crippen LogP contribution in [0.15, 0.2) is 72.1 Å². The van der Waals surface area contributed by atoms with Crippen LogP contribution < -0.4 is 24.2 Å². The number of aromatic nitrogens is 4. The van der Waals surface area contributed by atoms with Crippen molar-refractivity contribution in [2.24, 2.45) is 0 Å². The van der Waals surface area contributed by atoms with Crippen molar-refractivity contribution in [3.63, 3.8) is 0 Å². The van der Waals surface area contributed by atoms with Crippen molar-refractivity contribution in [3.05, 3.63) is 72.7 Å². The van der Waals surface area contributed by atoms with Crippen LogP contribution in [0.1, 0.15) is 38.2 Å². The summed E-state index contributed by atoms with van der Waals surface area (Å²) in [5, 5.41) is 3.16. The third-order valence-corrected chi connectivity index (χ3v) is 7.75. The van der Waals surface area contributed by atoms with Crippen molar-refractivity contribution in [2.45, 2.75) is 43.7 Å². The van der Waals surface area contributed by atoms with Crippen LogP contribution in [0, 0.1) is 0 Å². The Balaban J connectivity index is 1.62. The zero-order valence-electron chi connectivity index (χ0n) is 23.1. The number of benzene rings is 1. The lowest BCUT2D eigenvalue weighted by Crippen LogP contribution is -2.37. The van der Waals surface area contributed by atoms with E-state index in [1.807, 2.05) is 13.8 Å². The van der Waals surface area contributed by atoms with Crippen LogP contribution in [0.4, 0.5) is 5.82 Å². The van der Waals surface area contributed by atoms with Gasteiger partial charge in [-0.3, -0.25) is 9.71 Å². The summed E-state index contributed by atoms with van der Waals surface area (Å²) in [6, 6.07) is 13.6. The molecule has 3 aromatic heterocycles. The number of nitrogens with zero attached hydrogens (tertiary/aromatic N) is 4. The maximum Gasteiger partial charge on any atom is 0.280 e. The molecular formula is C29H32N6O5S. The molecule has 0 bridgehead atoms. The highest BCUT2D eigenvalue weighted by atomic mass is 32.2. The minimum absolute atomic E-state index is 0.0176. The number of anilines is 1. The van der Waals surface area contributed by atoms with Gasteiger partial charge in [0.2, 0.25) is 5.75 Å². The normalized spacial score (nSPS) is 15.4. The number of rotatable bonds is 10. The smallest absolute Gasteiger partial charge is 0.280 e. The van der Waals surface area contributed by atoms with Crippen LogP contribution in [0.5, 0.6) is 23.1 Å². The molecular weight excluding hydrogens is 544 g/mol. The summed E-state index contributed by atoms with van der Waals surface area (Å²) >= 11 is 0. The number of sulfonamides is 1. The van der Waals surface area contributed by atoms with Crippen molar-refractivity contribution in [3.8, 4) is 34.5 Å². The van der Waals surface area contributed by atoms with Gasteiger partial charge in [-0.2, -0.15) is 13.4 Å². The molecule has 12 heteroatoms. The lowest BCUT2D eigenvalue weighted by molar-refractivity contribution is 0.155. The van der Waals surface area contributed by atoms with Crippen LogP contribution >= 0.6 is 0 Å². The van der Waals surface area contributed by atoms with Gasteiger partial charge in [-0.15, -0.1) is 0 Å². The molecule has 41 heavy (non-hydrogen) atoms. The quantitative estimate of drug-likeness (QED) is 0.271. The lowest BCUT2D eigenvalue weighted by atomic mass is 10.1. The van der Waals surface area contributed by atoms with E-state index in [0.717, 1.165) is 24.9 Å². The van der Waals surface area contributed by atoms with Crippen molar-refractivity contribution in [2.75, 3.05) is 24.9 Å². The minimum Gasteiger partial charge on any atom is -0.497 e. The van der Waals surface area contributed by atoms with Crippen LogP contribution in [0.25, 0.3) is 11.4 Å². The average molecular weight is 577 g/mol. The molecule has 1 fully saturated rings. The Hall–Kier alpha value is -4.29. The number of ether oxygens (including phenoxy) is 3. The molecule has 0 amide bonds. The van der Waals surface area contributed by atoms with Gasteiger partial charge < -0.3 is 19.5 Å². The molecule has 5 rings (SSSR count). The van der Waals surface area contributed by atoms with Crippen molar-refractivity contribution >= 4 is 15.8 Å². The fraction of sp³-hybridized carbons (Fsp3) is 0.310. The predicted molar refractivity (Wildman–Crippen MR) is 154 cm³/mol. The van der Waals surface area contributed by atoms with Gasteiger partial charge in [-0.25, -0.2) is 9.97 Å². The first kappa shape index (κ1) is 28.2. The predicted octanol–water partition coefficient (Wildman–Crippen LogP) is 4.79. The highest BCUT2D eigenvalue weighted by Gasteiger charge is 2.27. The number of piperidine rings is 1. The maximum absolute atomic E-state index is 13.6. The first-order chi connectivity index (χ1) is 19.8. The molecule has 4 aromatic rings. The third-order valence-electron chi connectivity index (χ3n) is 6.50. The van der Waals surface area contributed by atoms with Gasteiger partial charge in [0.25, 0.3) is 15.9 Å². The number of methoxy groups -OCH3 is 1. The van der Waals surface area contributed by atoms with Gasteiger partial charge in [-0.05, 0) is 61.2 Å². The topological polar surface area (TPSA) is 137 Å². The first-order valence-corrected chi connectivity index (χ1v) is 14.8. The molecule has 1 aliphatic rings. The van der Waals surface area contributed by atoms with E-state index in [1.165, 1.54) is 6.07 Å². The minimum atomic E-state index is -4.17. The highest BCUT2D eigenvalue weighted by Crippen LogP contribution is 2.40. The summed E-state index contributed by atoms with van der Waals surface area (Å²) < 4.78 is 47.6. The first-order valence-electron chi connectivity index (χ1n) is 13.3. The van der Waals surface area contributed by atoms with E-state index in [1.54, 1.807) is 68.2 Å². The Morgan fingerprint density at radius 3 is 2.54 bits per heavy atom. The Labute approximate surface area is 239 Å². The van der Waals surface area contributed by atoms with Gasteiger partial charge in [0.05, 0.1) is 7.11 Å². The Morgan fingerprint density at radius 1 is 1.05 bits per heavy atom. The van der Waals surface area contributed by atoms with Crippen LogP contribution in [0.3, 0.4) is 0 Å². The Morgan fingerprint density at radius 2 is 1.85 bits per heavy atom. The summed E-state index contributed by atoms with van der Waals surface area (Å²) in [7, 11) is -2.62. The molecule has 0 radical (unpaired) electrons. The number of hydrogen-bond acceptors (Lipinski definition) is 10. The van der Waals surface area contributed by atoms with E-state index in [0.29, 0.717) is 23.6 Å². The molecule has 1 saturated heterocycles. The zero-order valence-corrected chi connectivity index (χ0v) is 23.9. The van der Waals surface area contributed by atoms with E-state index in [2.05, 4.69) is 30.0 Å². The van der Waals surface area contributed by atoms with Crippen LogP contribution in [-0.2, 0) is 10.0 Å². The second kappa shape index (κ2) is 12.5. The van der Waals surface area contributed by atoms with E-state index in [-0.39, 0.29) is 40.3 Å².